The lowest BCUT2D eigenvalue weighted by Gasteiger charge is -2.58. The van der Waals surface area contributed by atoms with Crippen molar-refractivity contribution < 1.29 is 33.8 Å². The van der Waals surface area contributed by atoms with Gasteiger partial charge in [0.05, 0.1) is 0 Å². The van der Waals surface area contributed by atoms with Gasteiger partial charge in [0.1, 0.15) is 18.0 Å². The molecule has 3 fully saturated rings. The van der Waals surface area contributed by atoms with Crippen LogP contribution < -0.4 is 0 Å². The van der Waals surface area contributed by atoms with Gasteiger partial charge < -0.3 is 14.6 Å². The van der Waals surface area contributed by atoms with Crippen LogP contribution in [0.15, 0.2) is 11.6 Å². The van der Waals surface area contributed by atoms with Gasteiger partial charge in [-0.05, 0) is 55.4 Å². The van der Waals surface area contributed by atoms with E-state index in [1.165, 1.54) is 13.8 Å². The maximum absolute atomic E-state index is 13.7. The van der Waals surface area contributed by atoms with Crippen molar-refractivity contribution in [2.45, 2.75) is 84.3 Å². The molecule has 1 N–H and O–H groups in total. The number of hydrogen-bond donors (Lipinski definition) is 1. The van der Waals surface area contributed by atoms with Crippen molar-refractivity contribution in [1.29, 1.82) is 0 Å². The third-order valence-electron chi connectivity index (χ3n) is 9.15. The summed E-state index contributed by atoms with van der Waals surface area (Å²) in [6.07, 6.45) is 4.79. The molecule has 176 valence electrons. The van der Waals surface area contributed by atoms with Gasteiger partial charge in [0.15, 0.2) is 11.9 Å². The molecule has 3 saturated carbocycles. The highest BCUT2D eigenvalue weighted by molar-refractivity contribution is 5.93. The Labute approximate surface area is 188 Å². The third-order valence-corrected chi connectivity index (χ3v) is 9.15. The van der Waals surface area contributed by atoms with E-state index in [0.717, 1.165) is 18.4 Å². The minimum Gasteiger partial charge on any atom is -0.462 e. The highest BCUT2D eigenvalue weighted by Crippen LogP contribution is 2.67. The van der Waals surface area contributed by atoms with Crippen molar-refractivity contribution in [3.63, 3.8) is 0 Å². The topological polar surface area (TPSA) is 107 Å². The monoisotopic (exact) mass is 446 g/mol. The van der Waals surface area contributed by atoms with Crippen LogP contribution in [0.1, 0.15) is 72.6 Å². The molecule has 0 saturated heterocycles. The van der Waals surface area contributed by atoms with Crippen LogP contribution in [0.2, 0.25) is 0 Å². The van der Waals surface area contributed by atoms with E-state index in [0.29, 0.717) is 25.7 Å². The van der Waals surface area contributed by atoms with Gasteiger partial charge in [0.2, 0.25) is 0 Å². The van der Waals surface area contributed by atoms with E-state index in [9.17, 15) is 24.3 Å². The van der Waals surface area contributed by atoms with Crippen molar-refractivity contribution in [2.24, 2.45) is 28.6 Å². The molecule has 7 heteroatoms. The van der Waals surface area contributed by atoms with Gasteiger partial charge >= 0.3 is 11.9 Å². The summed E-state index contributed by atoms with van der Waals surface area (Å²) in [5, 5.41) is 11.9. The first-order valence-electron chi connectivity index (χ1n) is 11.7. The number of fused-ring (bicyclic) bond motifs is 5. The normalized spacial score (nSPS) is 41.7. The van der Waals surface area contributed by atoms with Crippen LogP contribution in [-0.4, -0.2) is 46.9 Å². The van der Waals surface area contributed by atoms with Crippen LogP contribution in [0.4, 0.5) is 0 Å². The molecule has 4 rings (SSSR count). The van der Waals surface area contributed by atoms with Gasteiger partial charge in [-0.25, -0.2) is 0 Å². The number of allylic oxidation sites excluding steroid dienone is 1. The lowest BCUT2D eigenvalue weighted by atomic mass is 9.45. The quantitative estimate of drug-likeness (QED) is 0.662. The predicted molar refractivity (Wildman–Crippen MR) is 114 cm³/mol. The third kappa shape index (κ3) is 3.35. The lowest BCUT2D eigenvalue weighted by Crippen LogP contribution is -2.62. The zero-order chi connectivity index (χ0) is 23.5. The first-order chi connectivity index (χ1) is 14.9. The highest BCUT2D eigenvalue weighted by Gasteiger charge is 2.69. The molecule has 0 bridgehead atoms. The average Bonchev–Trinajstić information content (AvgIpc) is 2.96. The molecular weight excluding hydrogens is 412 g/mol. The molecule has 0 spiro atoms. The molecule has 0 aromatic heterocycles. The second-order valence-corrected chi connectivity index (χ2v) is 10.8. The molecule has 4 aliphatic carbocycles. The SMILES string of the molecule is CC(=O)OC[C@@H](OC(C)=O)[C@]1(O)CC[C@@H]2[C@H]3CCC4=CC(=O)CC[C@]4(C)[C@@H]3C(=O)C[C@]21C. The number of hydrogen-bond acceptors (Lipinski definition) is 7. The molecular formula is C25H34O7. The van der Waals surface area contributed by atoms with E-state index in [-0.39, 0.29) is 47.8 Å². The van der Waals surface area contributed by atoms with Crippen molar-refractivity contribution in [2.75, 3.05) is 6.61 Å². The van der Waals surface area contributed by atoms with Gasteiger partial charge in [0.25, 0.3) is 0 Å². The van der Waals surface area contributed by atoms with Crippen molar-refractivity contribution in [3.8, 4) is 0 Å². The minimum absolute atomic E-state index is 0.0848. The van der Waals surface area contributed by atoms with Gasteiger partial charge in [-0.1, -0.05) is 19.4 Å². The molecule has 0 aromatic rings. The van der Waals surface area contributed by atoms with E-state index >= 15 is 0 Å². The van der Waals surface area contributed by atoms with Crippen LogP contribution in [-0.2, 0) is 28.7 Å². The summed E-state index contributed by atoms with van der Waals surface area (Å²) in [5.74, 6) is -0.777. The first kappa shape index (κ1) is 23.1. The fourth-order valence-corrected chi connectivity index (χ4v) is 7.61. The summed E-state index contributed by atoms with van der Waals surface area (Å²) in [4.78, 5) is 48.9. The molecule has 0 amide bonds. The van der Waals surface area contributed by atoms with Crippen LogP contribution in [0, 0.1) is 28.6 Å². The van der Waals surface area contributed by atoms with E-state index in [2.05, 4.69) is 6.92 Å². The minimum atomic E-state index is -1.46. The molecule has 0 radical (unpaired) electrons. The Hall–Kier alpha value is -2.02. The molecule has 32 heavy (non-hydrogen) atoms. The molecule has 0 aromatic carbocycles. The largest absolute Gasteiger partial charge is 0.462 e. The van der Waals surface area contributed by atoms with Gasteiger partial charge in [-0.2, -0.15) is 0 Å². The summed E-state index contributed by atoms with van der Waals surface area (Å²) in [6, 6.07) is 0. The number of ketones is 2. The zero-order valence-electron chi connectivity index (χ0n) is 19.4. The Morgan fingerprint density at radius 2 is 1.84 bits per heavy atom. The number of ether oxygens (including phenoxy) is 2. The van der Waals surface area contributed by atoms with E-state index in [1.807, 2.05) is 6.92 Å². The maximum atomic E-state index is 13.7. The van der Waals surface area contributed by atoms with Crippen molar-refractivity contribution >= 4 is 23.5 Å². The van der Waals surface area contributed by atoms with Crippen molar-refractivity contribution in [1.82, 2.24) is 0 Å². The van der Waals surface area contributed by atoms with Gasteiger partial charge in [-0.15, -0.1) is 0 Å². The number of esters is 2. The Kier molecular flexibility index (Phi) is 5.63. The Morgan fingerprint density at radius 3 is 2.50 bits per heavy atom. The summed E-state index contributed by atoms with van der Waals surface area (Å²) >= 11 is 0. The lowest BCUT2D eigenvalue weighted by molar-refractivity contribution is -0.206. The van der Waals surface area contributed by atoms with Crippen LogP contribution in [0.5, 0.6) is 0 Å². The predicted octanol–water partition coefficient (Wildman–Crippen LogP) is 2.92. The number of carbonyl (C=O) groups excluding carboxylic acids is 4. The Morgan fingerprint density at radius 1 is 1.12 bits per heavy atom. The van der Waals surface area contributed by atoms with Crippen molar-refractivity contribution in [3.05, 3.63) is 11.6 Å². The number of rotatable bonds is 4. The summed E-state index contributed by atoms with van der Waals surface area (Å²) in [6.45, 7) is 6.36. The van der Waals surface area contributed by atoms with E-state index in [1.54, 1.807) is 6.08 Å². The Bertz CT molecular complexity index is 891. The summed E-state index contributed by atoms with van der Waals surface area (Å²) in [7, 11) is 0. The van der Waals surface area contributed by atoms with Gasteiger partial charge in [0, 0.05) is 38.0 Å². The van der Waals surface area contributed by atoms with E-state index in [4.69, 9.17) is 9.47 Å². The smallest absolute Gasteiger partial charge is 0.303 e. The zero-order valence-corrected chi connectivity index (χ0v) is 19.4. The van der Waals surface area contributed by atoms with E-state index < -0.39 is 29.1 Å². The second-order valence-electron chi connectivity index (χ2n) is 10.8. The maximum Gasteiger partial charge on any atom is 0.303 e. The molecule has 0 aliphatic heterocycles. The Balaban J connectivity index is 1.68. The number of carbonyl (C=O) groups is 4. The highest BCUT2D eigenvalue weighted by atomic mass is 16.6. The second kappa shape index (κ2) is 7.79. The van der Waals surface area contributed by atoms with Gasteiger partial charge in [-0.3, -0.25) is 19.2 Å². The number of aliphatic hydroxyl groups is 1. The molecule has 4 aliphatic rings. The fraction of sp³-hybridized carbons (Fsp3) is 0.760. The van der Waals surface area contributed by atoms with Crippen LogP contribution in [0.3, 0.4) is 0 Å². The summed E-state index contributed by atoms with van der Waals surface area (Å²) < 4.78 is 10.6. The molecule has 7 nitrogen and oxygen atoms in total. The fourth-order valence-electron chi connectivity index (χ4n) is 7.61. The first-order valence-corrected chi connectivity index (χ1v) is 11.7. The summed E-state index contributed by atoms with van der Waals surface area (Å²) in [5.41, 5.74) is -1.44. The van der Waals surface area contributed by atoms with Crippen LogP contribution in [0.25, 0.3) is 0 Å². The molecule has 7 atom stereocenters. The average molecular weight is 447 g/mol. The molecule has 0 unspecified atom stereocenters. The molecule has 0 heterocycles. The van der Waals surface area contributed by atoms with Crippen LogP contribution >= 0.6 is 0 Å². The standard InChI is InChI=1S/C25H34O7/c1-14(26)31-13-21(32-15(2)27)25(30)10-8-19-18-6-5-16-11-17(28)7-9-23(16,3)22(18)20(29)12-24(19,25)4/h11,18-19,21-22,30H,5-10,12-13H2,1-4H3/t18-,19-,21-,22+,23+,24-,25-/m1/s1. The number of Topliss-reactive ketones (excluding diaryl/α,β-unsaturated/α-hetero) is 1.